The van der Waals surface area contributed by atoms with Gasteiger partial charge in [-0.3, -0.25) is 0 Å². The predicted molar refractivity (Wildman–Crippen MR) is 98.4 cm³/mol. The van der Waals surface area contributed by atoms with E-state index >= 15 is 0 Å². The standard InChI is InChI=1S/C18H18ClN5/c1-3-24(15-7-5-4-6-8-15)17-12-20-23-18(22-17)21-14-10-9-13(2)16(19)11-14/h4-12H,3H2,1-2H3,(H,21,22,23). The van der Waals surface area contributed by atoms with Crippen molar-refractivity contribution >= 4 is 34.7 Å². The normalized spacial score (nSPS) is 10.5. The lowest BCUT2D eigenvalue weighted by Crippen LogP contribution is -2.18. The summed E-state index contributed by atoms with van der Waals surface area (Å²) in [6.45, 7) is 4.81. The summed E-state index contributed by atoms with van der Waals surface area (Å²) in [5.74, 6) is 1.17. The molecule has 0 spiro atoms. The highest BCUT2D eigenvalue weighted by Gasteiger charge is 2.10. The smallest absolute Gasteiger partial charge is 0.249 e. The molecule has 5 nitrogen and oxygen atoms in total. The van der Waals surface area contributed by atoms with E-state index in [9.17, 15) is 0 Å². The molecule has 0 fully saturated rings. The summed E-state index contributed by atoms with van der Waals surface area (Å²) in [4.78, 5) is 6.64. The van der Waals surface area contributed by atoms with Gasteiger partial charge in [0, 0.05) is 22.9 Å². The number of aromatic nitrogens is 3. The minimum Gasteiger partial charge on any atom is -0.325 e. The van der Waals surface area contributed by atoms with Crippen LogP contribution in [0.2, 0.25) is 5.02 Å². The average Bonchev–Trinajstić information content (AvgIpc) is 2.60. The summed E-state index contributed by atoms with van der Waals surface area (Å²) in [6.07, 6.45) is 1.66. The molecular weight excluding hydrogens is 322 g/mol. The van der Waals surface area contributed by atoms with Crippen LogP contribution in [0.1, 0.15) is 12.5 Å². The molecule has 1 aromatic heterocycles. The fourth-order valence-electron chi connectivity index (χ4n) is 2.36. The molecule has 0 aliphatic carbocycles. The zero-order valence-electron chi connectivity index (χ0n) is 13.6. The Hall–Kier alpha value is -2.66. The SMILES string of the molecule is CCN(c1ccccc1)c1cnnc(Nc2ccc(C)c(Cl)c2)n1. The Morgan fingerprint density at radius 2 is 1.92 bits per heavy atom. The predicted octanol–water partition coefficient (Wildman–Crippen LogP) is 4.74. The number of aryl methyl sites for hydroxylation is 1. The number of nitrogens with zero attached hydrogens (tertiary/aromatic N) is 4. The fraction of sp³-hybridized carbons (Fsp3) is 0.167. The minimum atomic E-state index is 0.432. The van der Waals surface area contributed by atoms with E-state index in [4.69, 9.17) is 11.6 Å². The van der Waals surface area contributed by atoms with Gasteiger partial charge in [0.1, 0.15) is 0 Å². The molecule has 0 bridgehead atoms. The maximum absolute atomic E-state index is 6.16. The third kappa shape index (κ3) is 3.63. The molecule has 2 aromatic carbocycles. The van der Waals surface area contributed by atoms with Crippen molar-refractivity contribution in [3.05, 3.63) is 65.3 Å². The Kier molecular flexibility index (Phi) is 4.91. The number of halogens is 1. The Morgan fingerprint density at radius 1 is 1.12 bits per heavy atom. The first-order valence-electron chi connectivity index (χ1n) is 7.73. The fourth-order valence-corrected chi connectivity index (χ4v) is 2.54. The number of benzene rings is 2. The van der Waals surface area contributed by atoms with E-state index in [-0.39, 0.29) is 0 Å². The summed E-state index contributed by atoms with van der Waals surface area (Å²) < 4.78 is 0. The second-order valence-corrected chi connectivity index (χ2v) is 5.71. The molecular formula is C18H18ClN5. The quantitative estimate of drug-likeness (QED) is 0.728. The number of hydrogen-bond donors (Lipinski definition) is 1. The lowest BCUT2D eigenvalue weighted by Gasteiger charge is -2.21. The van der Waals surface area contributed by atoms with E-state index in [1.807, 2.05) is 55.5 Å². The Labute approximate surface area is 146 Å². The van der Waals surface area contributed by atoms with Crippen molar-refractivity contribution in [3.63, 3.8) is 0 Å². The van der Waals surface area contributed by atoms with Gasteiger partial charge in [-0.05, 0) is 43.7 Å². The number of rotatable bonds is 5. The van der Waals surface area contributed by atoms with Crippen LogP contribution in [0, 0.1) is 6.92 Å². The van der Waals surface area contributed by atoms with Gasteiger partial charge in [0.05, 0.1) is 6.20 Å². The van der Waals surface area contributed by atoms with Crippen molar-refractivity contribution in [3.8, 4) is 0 Å². The second kappa shape index (κ2) is 7.27. The van der Waals surface area contributed by atoms with Crippen LogP contribution in [0.4, 0.5) is 23.1 Å². The molecule has 3 aromatic rings. The van der Waals surface area contributed by atoms with Gasteiger partial charge in [-0.1, -0.05) is 35.9 Å². The van der Waals surface area contributed by atoms with Gasteiger partial charge in [-0.2, -0.15) is 10.1 Å². The first-order chi connectivity index (χ1) is 11.7. The largest absolute Gasteiger partial charge is 0.325 e. The zero-order chi connectivity index (χ0) is 16.9. The lowest BCUT2D eigenvalue weighted by atomic mass is 10.2. The van der Waals surface area contributed by atoms with Crippen LogP contribution in [-0.2, 0) is 0 Å². The Bertz CT molecular complexity index is 823. The molecule has 0 unspecified atom stereocenters. The molecule has 24 heavy (non-hydrogen) atoms. The topological polar surface area (TPSA) is 53.9 Å². The molecule has 0 aliphatic rings. The summed E-state index contributed by atoms with van der Waals surface area (Å²) in [7, 11) is 0. The highest BCUT2D eigenvalue weighted by atomic mass is 35.5. The third-order valence-corrected chi connectivity index (χ3v) is 4.04. The number of hydrogen-bond acceptors (Lipinski definition) is 5. The van der Waals surface area contributed by atoms with Crippen molar-refractivity contribution in [1.82, 2.24) is 15.2 Å². The molecule has 1 heterocycles. The lowest BCUT2D eigenvalue weighted by molar-refractivity contribution is 0.922. The molecule has 3 rings (SSSR count). The van der Waals surface area contributed by atoms with Crippen molar-refractivity contribution in [2.45, 2.75) is 13.8 Å². The first-order valence-corrected chi connectivity index (χ1v) is 8.10. The number of anilines is 4. The van der Waals surface area contributed by atoms with E-state index < -0.39 is 0 Å². The van der Waals surface area contributed by atoms with Crippen molar-refractivity contribution in [1.29, 1.82) is 0 Å². The van der Waals surface area contributed by atoms with Crippen LogP contribution in [0.25, 0.3) is 0 Å². The van der Waals surface area contributed by atoms with Gasteiger partial charge in [-0.25, -0.2) is 0 Å². The number of para-hydroxylation sites is 1. The maximum Gasteiger partial charge on any atom is 0.249 e. The van der Waals surface area contributed by atoms with Crippen LogP contribution >= 0.6 is 11.6 Å². The van der Waals surface area contributed by atoms with E-state index in [0.29, 0.717) is 11.0 Å². The maximum atomic E-state index is 6.16. The first kappa shape index (κ1) is 16.2. The molecule has 0 aliphatic heterocycles. The van der Waals surface area contributed by atoms with Crippen LogP contribution in [0.5, 0.6) is 0 Å². The van der Waals surface area contributed by atoms with Gasteiger partial charge in [-0.15, -0.1) is 5.10 Å². The molecule has 122 valence electrons. The average molecular weight is 340 g/mol. The van der Waals surface area contributed by atoms with Gasteiger partial charge in [0.15, 0.2) is 5.82 Å². The summed E-state index contributed by atoms with van der Waals surface area (Å²) in [5.41, 5.74) is 2.91. The minimum absolute atomic E-state index is 0.432. The zero-order valence-corrected chi connectivity index (χ0v) is 14.3. The van der Waals surface area contributed by atoms with Crippen molar-refractivity contribution in [2.24, 2.45) is 0 Å². The van der Waals surface area contributed by atoms with Crippen molar-refractivity contribution < 1.29 is 0 Å². The summed E-state index contributed by atoms with van der Waals surface area (Å²) >= 11 is 6.16. The molecule has 0 saturated heterocycles. The van der Waals surface area contributed by atoms with Crippen LogP contribution in [0.15, 0.2) is 54.7 Å². The van der Waals surface area contributed by atoms with Gasteiger partial charge in [0.2, 0.25) is 5.95 Å². The van der Waals surface area contributed by atoms with E-state index in [1.165, 1.54) is 0 Å². The van der Waals surface area contributed by atoms with E-state index in [0.717, 1.165) is 29.3 Å². The monoisotopic (exact) mass is 339 g/mol. The van der Waals surface area contributed by atoms with E-state index in [2.05, 4.69) is 32.3 Å². The molecule has 0 radical (unpaired) electrons. The highest BCUT2D eigenvalue weighted by Crippen LogP contribution is 2.25. The van der Waals surface area contributed by atoms with Crippen molar-refractivity contribution in [2.75, 3.05) is 16.8 Å². The molecule has 0 saturated carbocycles. The summed E-state index contributed by atoms with van der Waals surface area (Å²) in [6, 6.07) is 15.8. The van der Waals surface area contributed by atoms with Gasteiger partial charge < -0.3 is 10.2 Å². The Balaban J connectivity index is 1.86. The van der Waals surface area contributed by atoms with Crippen LogP contribution in [0.3, 0.4) is 0 Å². The molecule has 6 heteroatoms. The molecule has 0 amide bonds. The van der Waals surface area contributed by atoms with Gasteiger partial charge in [0.25, 0.3) is 0 Å². The molecule has 1 N–H and O–H groups in total. The highest BCUT2D eigenvalue weighted by molar-refractivity contribution is 6.31. The van der Waals surface area contributed by atoms with Gasteiger partial charge >= 0.3 is 0 Å². The summed E-state index contributed by atoms with van der Waals surface area (Å²) in [5, 5.41) is 12.0. The van der Waals surface area contributed by atoms with E-state index in [1.54, 1.807) is 6.20 Å². The number of nitrogens with one attached hydrogen (secondary N) is 1. The Morgan fingerprint density at radius 3 is 2.62 bits per heavy atom. The van der Waals surface area contributed by atoms with Crippen LogP contribution < -0.4 is 10.2 Å². The molecule has 0 atom stereocenters. The third-order valence-electron chi connectivity index (χ3n) is 3.63. The van der Waals surface area contributed by atoms with Crippen LogP contribution in [-0.4, -0.2) is 21.7 Å². The second-order valence-electron chi connectivity index (χ2n) is 5.31.